The van der Waals surface area contributed by atoms with Gasteiger partial charge in [-0.05, 0) is 6.42 Å². The Hall–Kier alpha value is -1.43. The molecule has 0 saturated carbocycles. The number of nitrogens with zero attached hydrogens (tertiary/aromatic N) is 4. The third kappa shape index (κ3) is 1.74. The second-order valence-electron chi connectivity index (χ2n) is 2.89. The van der Waals surface area contributed by atoms with E-state index in [1.165, 1.54) is 17.9 Å². The van der Waals surface area contributed by atoms with Gasteiger partial charge in [-0.1, -0.05) is 6.92 Å². The Bertz CT molecular complexity index is 405. The molecule has 5 nitrogen and oxygen atoms in total. The minimum Gasteiger partial charge on any atom is -0.327 e. The zero-order valence-electron chi connectivity index (χ0n) is 8.06. The van der Waals surface area contributed by atoms with Gasteiger partial charge in [0.15, 0.2) is 0 Å². The summed E-state index contributed by atoms with van der Waals surface area (Å²) < 4.78 is 5.72. The monoisotopic (exact) mass is 209 g/mol. The van der Waals surface area contributed by atoms with Crippen molar-refractivity contribution in [3.63, 3.8) is 0 Å². The Balaban J connectivity index is 2.23. The number of nitrogens with one attached hydrogen (secondary N) is 1. The van der Waals surface area contributed by atoms with Crippen LogP contribution in [0.4, 0.5) is 10.8 Å². The van der Waals surface area contributed by atoms with Gasteiger partial charge in [0, 0.05) is 24.8 Å². The molecule has 0 spiro atoms. The van der Waals surface area contributed by atoms with Gasteiger partial charge in [0.1, 0.15) is 6.33 Å². The fourth-order valence-corrected chi connectivity index (χ4v) is 1.69. The van der Waals surface area contributed by atoms with Crippen molar-refractivity contribution in [1.29, 1.82) is 0 Å². The molecule has 0 aliphatic carbocycles. The molecule has 0 saturated heterocycles. The van der Waals surface area contributed by atoms with Crippen LogP contribution in [0.2, 0.25) is 0 Å². The molecular formula is C8H11N5S. The molecule has 0 aliphatic heterocycles. The Morgan fingerprint density at radius 3 is 3.07 bits per heavy atom. The van der Waals surface area contributed by atoms with E-state index in [-0.39, 0.29) is 0 Å². The summed E-state index contributed by atoms with van der Waals surface area (Å²) >= 11 is 1.34. The zero-order valence-corrected chi connectivity index (χ0v) is 8.88. The molecule has 2 rings (SSSR count). The number of hydrogen-bond acceptors (Lipinski definition) is 5. The number of rotatable bonds is 3. The van der Waals surface area contributed by atoms with Gasteiger partial charge in [0.25, 0.3) is 0 Å². The van der Waals surface area contributed by atoms with Gasteiger partial charge < -0.3 is 5.32 Å². The van der Waals surface area contributed by atoms with Crippen molar-refractivity contribution < 1.29 is 0 Å². The highest BCUT2D eigenvalue weighted by atomic mass is 32.1. The standard InChI is InChI=1S/C8H11N5S/c1-3-6-7(4-13(2)12-6)11-8-9-5-10-14-8/h4-5H,3H2,1-2H3,(H,9,10,11). The summed E-state index contributed by atoms with van der Waals surface area (Å²) in [4.78, 5) is 4.06. The van der Waals surface area contributed by atoms with Crippen molar-refractivity contribution in [2.45, 2.75) is 13.3 Å². The van der Waals surface area contributed by atoms with Crippen molar-refractivity contribution in [1.82, 2.24) is 19.1 Å². The summed E-state index contributed by atoms with van der Waals surface area (Å²) in [5.74, 6) is 0. The first-order chi connectivity index (χ1) is 6.79. The minimum atomic E-state index is 0.799. The number of anilines is 2. The number of aryl methyl sites for hydroxylation is 2. The molecule has 0 radical (unpaired) electrons. The Labute approximate surface area is 86.0 Å². The smallest absolute Gasteiger partial charge is 0.206 e. The maximum absolute atomic E-state index is 4.32. The first-order valence-corrected chi connectivity index (χ1v) is 5.13. The molecule has 1 N–H and O–H groups in total. The maximum atomic E-state index is 4.32. The van der Waals surface area contributed by atoms with E-state index >= 15 is 0 Å². The molecule has 0 aromatic carbocycles. The molecule has 2 heterocycles. The van der Waals surface area contributed by atoms with Gasteiger partial charge in [0.2, 0.25) is 5.13 Å². The normalized spacial score (nSPS) is 10.4. The second kappa shape index (κ2) is 3.75. The van der Waals surface area contributed by atoms with E-state index in [1.54, 1.807) is 4.68 Å². The summed E-state index contributed by atoms with van der Waals surface area (Å²) in [5, 5.41) is 8.30. The molecule has 6 heteroatoms. The van der Waals surface area contributed by atoms with Crippen LogP contribution in [0.5, 0.6) is 0 Å². The van der Waals surface area contributed by atoms with Crippen molar-refractivity contribution in [2.24, 2.45) is 7.05 Å². The number of hydrogen-bond donors (Lipinski definition) is 1. The summed E-state index contributed by atoms with van der Waals surface area (Å²) in [6, 6.07) is 0. The van der Waals surface area contributed by atoms with Crippen LogP contribution in [0, 0.1) is 0 Å². The molecule has 0 fully saturated rings. The minimum absolute atomic E-state index is 0.799. The lowest BCUT2D eigenvalue weighted by molar-refractivity contribution is 0.746. The fraction of sp³-hybridized carbons (Fsp3) is 0.375. The summed E-state index contributed by atoms with van der Waals surface area (Å²) in [6.45, 7) is 2.08. The van der Waals surface area contributed by atoms with E-state index in [1.807, 2.05) is 13.2 Å². The summed E-state index contributed by atoms with van der Waals surface area (Å²) in [5.41, 5.74) is 2.05. The van der Waals surface area contributed by atoms with E-state index in [9.17, 15) is 0 Å². The lowest BCUT2D eigenvalue weighted by atomic mass is 10.3. The highest BCUT2D eigenvalue weighted by molar-refractivity contribution is 7.09. The van der Waals surface area contributed by atoms with Crippen molar-refractivity contribution in [3.05, 3.63) is 18.2 Å². The number of aromatic nitrogens is 4. The predicted octanol–water partition coefficient (Wildman–Crippen LogP) is 1.58. The van der Waals surface area contributed by atoms with Crippen LogP contribution in [0.1, 0.15) is 12.6 Å². The van der Waals surface area contributed by atoms with Crippen molar-refractivity contribution in [2.75, 3.05) is 5.32 Å². The topological polar surface area (TPSA) is 55.6 Å². The largest absolute Gasteiger partial charge is 0.327 e. The molecule has 0 amide bonds. The first kappa shape index (κ1) is 9.14. The summed E-state index contributed by atoms with van der Waals surface area (Å²) in [6.07, 6.45) is 4.39. The summed E-state index contributed by atoms with van der Waals surface area (Å²) in [7, 11) is 1.91. The van der Waals surface area contributed by atoms with Gasteiger partial charge in [-0.2, -0.15) is 9.47 Å². The van der Waals surface area contributed by atoms with Gasteiger partial charge in [-0.15, -0.1) is 0 Å². The first-order valence-electron chi connectivity index (χ1n) is 4.36. The fourth-order valence-electron chi connectivity index (χ4n) is 1.24. The van der Waals surface area contributed by atoms with Crippen LogP contribution in [-0.4, -0.2) is 19.1 Å². The highest BCUT2D eigenvalue weighted by Crippen LogP contribution is 2.20. The van der Waals surface area contributed by atoms with Crippen LogP contribution in [0.15, 0.2) is 12.5 Å². The average molecular weight is 209 g/mol. The highest BCUT2D eigenvalue weighted by Gasteiger charge is 2.06. The predicted molar refractivity (Wildman–Crippen MR) is 55.8 cm³/mol. The van der Waals surface area contributed by atoms with Crippen LogP contribution in [-0.2, 0) is 13.5 Å². The van der Waals surface area contributed by atoms with Crippen LogP contribution >= 0.6 is 11.5 Å². The van der Waals surface area contributed by atoms with E-state index < -0.39 is 0 Å². The SMILES string of the molecule is CCc1nn(C)cc1Nc1ncns1. The molecule has 2 aromatic heterocycles. The third-order valence-electron chi connectivity index (χ3n) is 1.84. The Morgan fingerprint density at radius 1 is 1.57 bits per heavy atom. The van der Waals surface area contributed by atoms with Gasteiger partial charge in [-0.3, -0.25) is 4.68 Å². The van der Waals surface area contributed by atoms with E-state index in [0.717, 1.165) is 22.9 Å². The average Bonchev–Trinajstić information content (AvgIpc) is 2.76. The van der Waals surface area contributed by atoms with E-state index in [2.05, 4.69) is 26.7 Å². The van der Waals surface area contributed by atoms with Gasteiger partial charge >= 0.3 is 0 Å². The maximum Gasteiger partial charge on any atom is 0.206 e. The Kier molecular flexibility index (Phi) is 2.45. The molecule has 0 bridgehead atoms. The molecule has 14 heavy (non-hydrogen) atoms. The van der Waals surface area contributed by atoms with E-state index in [4.69, 9.17) is 0 Å². The zero-order chi connectivity index (χ0) is 9.97. The molecule has 0 unspecified atom stereocenters. The molecule has 0 atom stereocenters. The van der Waals surface area contributed by atoms with Crippen LogP contribution < -0.4 is 5.32 Å². The van der Waals surface area contributed by atoms with Gasteiger partial charge in [0.05, 0.1) is 11.4 Å². The lowest BCUT2D eigenvalue weighted by Gasteiger charge is -1.98. The molecule has 0 aliphatic rings. The van der Waals surface area contributed by atoms with Crippen LogP contribution in [0.3, 0.4) is 0 Å². The van der Waals surface area contributed by atoms with Crippen molar-refractivity contribution >= 4 is 22.4 Å². The quantitative estimate of drug-likeness (QED) is 0.833. The molecule has 2 aromatic rings. The lowest BCUT2D eigenvalue weighted by Crippen LogP contribution is -1.92. The van der Waals surface area contributed by atoms with Gasteiger partial charge in [-0.25, -0.2) is 4.98 Å². The van der Waals surface area contributed by atoms with E-state index in [0.29, 0.717) is 0 Å². The van der Waals surface area contributed by atoms with Crippen molar-refractivity contribution in [3.8, 4) is 0 Å². The van der Waals surface area contributed by atoms with Crippen LogP contribution in [0.25, 0.3) is 0 Å². The molecule has 74 valence electrons. The Morgan fingerprint density at radius 2 is 2.43 bits per heavy atom. The second-order valence-corrected chi connectivity index (χ2v) is 3.67. The third-order valence-corrected chi connectivity index (χ3v) is 2.42. The molecular weight excluding hydrogens is 198 g/mol.